The van der Waals surface area contributed by atoms with Crippen molar-refractivity contribution in [3.63, 3.8) is 0 Å². The van der Waals surface area contributed by atoms with E-state index >= 15 is 0 Å². The number of esters is 2. The standard InChI is InChI=1S/C19H18N2O5/c1-19(2)25-17(22)14(18(23)26-19)11-21-16-15(9-6-10-20-16)24-12-13-7-4-3-5-8-13/h3-11H,12H2,1-2H3,(H,20,21). The first kappa shape index (κ1) is 17.5. The summed E-state index contributed by atoms with van der Waals surface area (Å²) in [6.07, 6.45) is 2.77. The molecule has 1 aromatic heterocycles. The molecule has 1 saturated heterocycles. The van der Waals surface area contributed by atoms with Crippen molar-refractivity contribution in [3.8, 4) is 5.75 Å². The highest BCUT2D eigenvalue weighted by atomic mass is 16.7. The molecule has 0 aliphatic carbocycles. The number of cyclic esters (lactones) is 2. The predicted molar refractivity (Wildman–Crippen MR) is 93.0 cm³/mol. The van der Waals surface area contributed by atoms with E-state index in [0.717, 1.165) is 5.56 Å². The number of hydrogen-bond donors (Lipinski definition) is 1. The Bertz CT molecular complexity index is 824. The third-order valence-electron chi connectivity index (χ3n) is 3.48. The number of carbonyl (C=O) groups excluding carboxylic acids is 2. The van der Waals surface area contributed by atoms with E-state index in [1.165, 1.54) is 20.0 Å². The number of aromatic nitrogens is 1. The number of nitrogens with zero attached hydrogens (tertiary/aromatic N) is 1. The zero-order valence-corrected chi connectivity index (χ0v) is 14.4. The van der Waals surface area contributed by atoms with Gasteiger partial charge in [-0.2, -0.15) is 0 Å². The number of nitrogens with one attached hydrogen (secondary N) is 1. The third-order valence-corrected chi connectivity index (χ3v) is 3.48. The van der Waals surface area contributed by atoms with Crippen LogP contribution in [-0.4, -0.2) is 22.7 Å². The zero-order chi connectivity index (χ0) is 18.6. The largest absolute Gasteiger partial charge is 0.485 e. The van der Waals surface area contributed by atoms with Crippen LogP contribution in [0.25, 0.3) is 0 Å². The number of carbonyl (C=O) groups is 2. The van der Waals surface area contributed by atoms with Gasteiger partial charge in [0.1, 0.15) is 6.61 Å². The summed E-state index contributed by atoms with van der Waals surface area (Å²) < 4.78 is 15.8. The lowest BCUT2D eigenvalue weighted by Gasteiger charge is -2.29. The summed E-state index contributed by atoms with van der Waals surface area (Å²) in [6, 6.07) is 13.1. The van der Waals surface area contributed by atoms with Gasteiger partial charge in [-0.3, -0.25) is 0 Å². The van der Waals surface area contributed by atoms with Crippen LogP contribution in [0.2, 0.25) is 0 Å². The minimum atomic E-state index is -1.28. The zero-order valence-electron chi connectivity index (χ0n) is 14.4. The molecule has 134 valence electrons. The summed E-state index contributed by atoms with van der Waals surface area (Å²) in [5.41, 5.74) is 0.756. The lowest BCUT2D eigenvalue weighted by Crippen LogP contribution is -2.42. The van der Waals surface area contributed by atoms with Gasteiger partial charge in [-0.1, -0.05) is 30.3 Å². The molecular weight excluding hydrogens is 336 g/mol. The Balaban J connectivity index is 1.72. The third kappa shape index (κ3) is 4.18. The van der Waals surface area contributed by atoms with Crippen molar-refractivity contribution in [1.82, 2.24) is 4.98 Å². The maximum Gasteiger partial charge on any atom is 0.350 e. The quantitative estimate of drug-likeness (QED) is 0.502. The average Bonchev–Trinajstić information content (AvgIpc) is 2.60. The van der Waals surface area contributed by atoms with Gasteiger partial charge in [0.15, 0.2) is 17.1 Å². The number of ether oxygens (including phenoxy) is 3. The van der Waals surface area contributed by atoms with Crippen molar-refractivity contribution in [2.24, 2.45) is 0 Å². The highest BCUT2D eigenvalue weighted by Crippen LogP contribution is 2.25. The van der Waals surface area contributed by atoms with E-state index in [1.54, 1.807) is 18.3 Å². The molecule has 2 aromatic rings. The number of benzene rings is 1. The topological polar surface area (TPSA) is 86.8 Å². The monoisotopic (exact) mass is 354 g/mol. The molecule has 2 heterocycles. The summed E-state index contributed by atoms with van der Waals surface area (Å²) in [7, 11) is 0. The van der Waals surface area contributed by atoms with Gasteiger partial charge in [-0.15, -0.1) is 0 Å². The van der Waals surface area contributed by atoms with Crippen LogP contribution in [-0.2, 0) is 25.7 Å². The number of pyridine rings is 1. The molecule has 7 nitrogen and oxygen atoms in total. The number of anilines is 1. The van der Waals surface area contributed by atoms with Gasteiger partial charge in [0.2, 0.25) is 0 Å². The van der Waals surface area contributed by atoms with Gasteiger partial charge in [-0.05, 0) is 17.7 Å². The fourth-order valence-electron chi connectivity index (χ4n) is 2.27. The van der Waals surface area contributed by atoms with Crippen LogP contribution in [0, 0.1) is 0 Å². The molecule has 0 atom stereocenters. The Morgan fingerprint density at radius 3 is 2.46 bits per heavy atom. The molecule has 0 radical (unpaired) electrons. The Morgan fingerprint density at radius 1 is 1.08 bits per heavy atom. The molecule has 0 unspecified atom stereocenters. The Morgan fingerprint density at radius 2 is 1.77 bits per heavy atom. The lowest BCUT2D eigenvalue weighted by atomic mass is 10.2. The fraction of sp³-hybridized carbons (Fsp3) is 0.211. The molecular formula is C19H18N2O5. The summed E-state index contributed by atoms with van der Waals surface area (Å²) in [5, 5.41) is 2.81. The smallest absolute Gasteiger partial charge is 0.350 e. The van der Waals surface area contributed by atoms with Crippen LogP contribution in [0.15, 0.2) is 60.4 Å². The average molecular weight is 354 g/mol. The highest BCUT2D eigenvalue weighted by molar-refractivity contribution is 6.15. The second kappa shape index (κ2) is 7.26. The van der Waals surface area contributed by atoms with E-state index in [0.29, 0.717) is 18.2 Å². The molecule has 1 N–H and O–H groups in total. The Hall–Kier alpha value is -3.35. The molecule has 1 aliphatic rings. The van der Waals surface area contributed by atoms with Crippen LogP contribution >= 0.6 is 0 Å². The van der Waals surface area contributed by atoms with Gasteiger partial charge >= 0.3 is 11.9 Å². The van der Waals surface area contributed by atoms with Gasteiger partial charge in [0.25, 0.3) is 5.79 Å². The first-order valence-corrected chi connectivity index (χ1v) is 8.00. The van der Waals surface area contributed by atoms with Crippen molar-refractivity contribution in [1.29, 1.82) is 0 Å². The summed E-state index contributed by atoms with van der Waals surface area (Å²) in [6.45, 7) is 3.33. The Kier molecular flexibility index (Phi) is 4.88. The van der Waals surface area contributed by atoms with Crippen molar-refractivity contribution in [2.45, 2.75) is 26.2 Å². The lowest BCUT2D eigenvalue weighted by molar-refractivity contribution is -0.222. The molecule has 3 rings (SSSR count). The molecule has 0 saturated carbocycles. The molecule has 26 heavy (non-hydrogen) atoms. The first-order chi connectivity index (χ1) is 12.4. The van der Waals surface area contributed by atoms with E-state index in [4.69, 9.17) is 14.2 Å². The maximum atomic E-state index is 12.0. The first-order valence-electron chi connectivity index (χ1n) is 8.00. The van der Waals surface area contributed by atoms with Gasteiger partial charge in [0.05, 0.1) is 0 Å². The normalized spacial score (nSPS) is 15.7. The van der Waals surface area contributed by atoms with Crippen LogP contribution in [0.3, 0.4) is 0 Å². The van der Waals surface area contributed by atoms with Crippen LogP contribution in [0.1, 0.15) is 19.4 Å². The molecule has 0 spiro atoms. The van der Waals surface area contributed by atoms with E-state index < -0.39 is 17.7 Å². The maximum absolute atomic E-state index is 12.0. The van der Waals surface area contributed by atoms with Gasteiger partial charge in [0, 0.05) is 26.2 Å². The molecule has 1 aliphatic heterocycles. The summed E-state index contributed by atoms with van der Waals surface area (Å²) in [5.74, 6) is -1.96. The Labute approximate surface area is 150 Å². The van der Waals surface area contributed by atoms with E-state index in [9.17, 15) is 9.59 Å². The minimum absolute atomic E-state index is 0.246. The second-order valence-corrected chi connectivity index (χ2v) is 6.01. The van der Waals surface area contributed by atoms with Crippen LogP contribution in [0.4, 0.5) is 5.82 Å². The fourth-order valence-corrected chi connectivity index (χ4v) is 2.27. The SMILES string of the molecule is CC1(C)OC(=O)C(=CNc2ncccc2OCc2ccccc2)C(=O)O1. The summed E-state index contributed by atoms with van der Waals surface area (Å²) >= 11 is 0. The van der Waals surface area contributed by atoms with Crippen LogP contribution in [0.5, 0.6) is 5.75 Å². The number of rotatable bonds is 5. The van der Waals surface area contributed by atoms with Crippen molar-refractivity contribution in [2.75, 3.05) is 5.32 Å². The van der Waals surface area contributed by atoms with E-state index in [2.05, 4.69) is 10.3 Å². The number of hydrogen-bond acceptors (Lipinski definition) is 7. The minimum Gasteiger partial charge on any atom is -0.485 e. The van der Waals surface area contributed by atoms with Crippen molar-refractivity contribution < 1.29 is 23.8 Å². The summed E-state index contributed by atoms with van der Waals surface area (Å²) in [4.78, 5) is 28.1. The van der Waals surface area contributed by atoms with E-state index in [1.807, 2.05) is 30.3 Å². The molecule has 1 aromatic carbocycles. The van der Waals surface area contributed by atoms with E-state index in [-0.39, 0.29) is 5.57 Å². The molecule has 0 amide bonds. The highest BCUT2D eigenvalue weighted by Gasteiger charge is 2.39. The van der Waals surface area contributed by atoms with Crippen molar-refractivity contribution >= 4 is 17.8 Å². The molecule has 7 heteroatoms. The predicted octanol–water partition coefficient (Wildman–Crippen LogP) is 2.79. The molecule has 0 bridgehead atoms. The molecule has 1 fully saturated rings. The van der Waals surface area contributed by atoms with Gasteiger partial charge in [-0.25, -0.2) is 14.6 Å². The second-order valence-electron chi connectivity index (χ2n) is 6.01. The van der Waals surface area contributed by atoms with Crippen LogP contribution < -0.4 is 10.1 Å². The van der Waals surface area contributed by atoms with Gasteiger partial charge < -0.3 is 19.5 Å². The van der Waals surface area contributed by atoms with Crippen molar-refractivity contribution in [3.05, 3.63) is 66.0 Å².